The van der Waals surface area contributed by atoms with Crippen molar-refractivity contribution in [2.45, 2.75) is 70.1 Å². The van der Waals surface area contributed by atoms with Gasteiger partial charge in [0.25, 0.3) is 0 Å². The Morgan fingerprint density at radius 3 is 2.61 bits per heavy atom. The van der Waals surface area contributed by atoms with Crippen molar-refractivity contribution in [2.24, 2.45) is 17.1 Å². The Kier molecular flexibility index (Phi) is 4.80. The normalized spacial score (nSPS) is 28.6. The number of carbonyl (C=O) groups excluding carboxylic acids is 1. The van der Waals surface area contributed by atoms with Crippen LogP contribution in [0.5, 0.6) is 0 Å². The molecule has 2 saturated carbocycles. The van der Waals surface area contributed by atoms with Gasteiger partial charge in [0.1, 0.15) is 5.56 Å². The molecule has 3 N–H and O–H groups in total. The van der Waals surface area contributed by atoms with E-state index in [9.17, 15) is 23.2 Å². The van der Waals surface area contributed by atoms with E-state index < -0.39 is 17.2 Å². The van der Waals surface area contributed by atoms with E-state index in [0.717, 1.165) is 44.6 Å². The van der Waals surface area contributed by atoms with Crippen LogP contribution in [0.3, 0.4) is 0 Å². The molecule has 4 rings (SSSR count). The highest BCUT2D eigenvalue weighted by molar-refractivity contribution is 5.84. The number of carbonyl (C=O) groups is 1. The quantitative estimate of drug-likeness (QED) is 0.595. The van der Waals surface area contributed by atoms with Gasteiger partial charge in [-0.25, -0.2) is 0 Å². The molecule has 1 aromatic heterocycles. The zero-order chi connectivity index (χ0) is 20.1. The van der Waals surface area contributed by atoms with Crippen LogP contribution >= 0.6 is 0 Å². The maximum absolute atomic E-state index is 13.6. The van der Waals surface area contributed by atoms with Crippen LogP contribution in [0.4, 0.5) is 13.2 Å². The summed E-state index contributed by atoms with van der Waals surface area (Å²) in [6, 6.07) is 1.07. The minimum absolute atomic E-state index is 0.0121. The molecule has 2 aliphatic carbocycles. The van der Waals surface area contributed by atoms with Gasteiger partial charge in [0.05, 0.1) is 18.4 Å². The summed E-state index contributed by atoms with van der Waals surface area (Å²) in [5.41, 5.74) is 5.60. The number of fused-ring (bicyclic) bond motifs is 1. The molecule has 0 bridgehead atoms. The third-order valence-corrected chi connectivity index (χ3v) is 6.98. The van der Waals surface area contributed by atoms with Crippen LogP contribution in [0.25, 0.3) is 0 Å². The lowest BCUT2D eigenvalue weighted by Gasteiger charge is -2.40. The summed E-state index contributed by atoms with van der Waals surface area (Å²) in [6.45, 7) is 0.504. The van der Waals surface area contributed by atoms with E-state index >= 15 is 0 Å². The molecule has 1 amide bonds. The summed E-state index contributed by atoms with van der Waals surface area (Å²) < 4.78 is 40.0. The summed E-state index contributed by atoms with van der Waals surface area (Å²) in [6.07, 6.45) is 3.04. The van der Waals surface area contributed by atoms with Crippen LogP contribution in [-0.4, -0.2) is 28.6 Å². The number of amides is 1. The molecule has 28 heavy (non-hydrogen) atoms. The Hall–Kier alpha value is -1.83. The minimum atomic E-state index is -4.55. The lowest BCUT2D eigenvalue weighted by atomic mass is 9.71. The first kappa shape index (κ1) is 19.5. The molecular weight excluding hydrogens is 371 g/mol. The maximum Gasteiger partial charge on any atom is 0.422 e. The molecule has 2 heterocycles. The summed E-state index contributed by atoms with van der Waals surface area (Å²) in [5, 5.41) is 9.99. The number of pyridine rings is 1. The highest BCUT2D eigenvalue weighted by Gasteiger charge is 2.52. The zero-order valence-electron chi connectivity index (χ0n) is 15.8. The molecule has 8 heteroatoms. The van der Waals surface area contributed by atoms with Crippen LogP contribution in [0, 0.1) is 11.3 Å². The average molecular weight is 398 g/mol. The van der Waals surface area contributed by atoms with Crippen molar-refractivity contribution in [3.63, 3.8) is 0 Å². The monoisotopic (exact) mass is 398 g/mol. The summed E-state index contributed by atoms with van der Waals surface area (Å²) in [5.74, 6) is 0.360. The Bertz CT molecular complexity index is 777. The number of nitrogens with zero attached hydrogens (tertiary/aromatic N) is 2. The van der Waals surface area contributed by atoms with Crippen molar-refractivity contribution in [1.29, 1.82) is 0 Å². The van der Waals surface area contributed by atoms with Crippen LogP contribution in [0.2, 0.25) is 0 Å². The standard InChI is InChI=1S/C20H27F3N3O2/c21-20(22,23)15-9-13-11-25(8-6-17(13)26(28)12-15)18(27)19(7-5-16(24)10-19)14-3-1-2-4-14/h9,12,14,16,28H,1-8,10-11,24H2/q+1/t16-,19+/m1/s1. The minimum Gasteiger partial charge on any atom is -0.337 e. The highest BCUT2D eigenvalue weighted by atomic mass is 19.4. The van der Waals surface area contributed by atoms with Crippen molar-refractivity contribution >= 4 is 5.91 Å². The van der Waals surface area contributed by atoms with Crippen LogP contribution in [-0.2, 0) is 23.9 Å². The van der Waals surface area contributed by atoms with Gasteiger partial charge in [-0.1, -0.05) is 12.8 Å². The number of hydrogen-bond acceptors (Lipinski definition) is 3. The Morgan fingerprint density at radius 1 is 1.29 bits per heavy atom. The summed E-state index contributed by atoms with van der Waals surface area (Å²) in [7, 11) is 0. The van der Waals surface area contributed by atoms with Gasteiger partial charge >= 0.3 is 6.18 Å². The number of halogens is 3. The van der Waals surface area contributed by atoms with Crippen LogP contribution in [0.1, 0.15) is 61.8 Å². The first-order valence-electron chi connectivity index (χ1n) is 10.1. The van der Waals surface area contributed by atoms with E-state index in [4.69, 9.17) is 5.73 Å². The molecule has 0 saturated heterocycles. The zero-order valence-corrected chi connectivity index (χ0v) is 15.8. The molecule has 0 radical (unpaired) electrons. The Labute approximate surface area is 162 Å². The molecule has 5 nitrogen and oxygen atoms in total. The van der Waals surface area contributed by atoms with Crippen molar-refractivity contribution in [3.8, 4) is 0 Å². The van der Waals surface area contributed by atoms with Gasteiger partial charge in [-0.2, -0.15) is 13.2 Å². The van der Waals surface area contributed by atoms with E-state index in [1.807, 2.05) is 0 Å². The summed E-state index contributed by atoms with van der Waals surface area (Å²) >= 11 is 0. The predicted molar refractivity (Wildman–Crippen MR) is 94.2 cm³/mol. The fourth-order valence-electron chi connectivity index (χ4n) is 5.58. The maximum atomic E-state index is 13.6. The van der Waals surface area contributed by atoms with Crippen molar-refractivity contribution < 1.29 is 27.9 Å². The van der Waals surface area contributed by atoms with Crippen molar-refractivity contribution in [2.75, 3.05) is 6.54 Å². The second-order valence-corrected chi connectivity index (χ2v) is 8.66. The molecule has 1 aromatic rings. The van der Waals surface area contributed by atoms with Crippen molar-refractivity contribution in [1.82, 2.24) is 4.90 Å². The molecule has 2 fully saturated rings. The van der Waals surface area contributed by atoms with Gasteiger partial charge in [-0.05, 0) is 44.1 Å². The first-order chi connectivity index (χ1) is 13.2. The van der Waals surface area contributed by atoms with E-state index in [1.54, 1.807) is 4.90 Å². The Balaban J connectivity index is 1.62. The molecular formula is C20H27F3N3O2+. The fraction of sp³-hybridized carbons (Fsp3) is 0.700. The SMILES string of the molecule is N[C@@H]1CC[C@@](C(=O)N2CCc3c(cc(C(F)(F)F)c[n+]3O)C2)(C2CCCC2)C1. The topological polar surface area (TPSA) is 70.4 Å². The Morgan fingerprint density at radius 2 is 2.00 bits per heavy atom. The predicted octanol–water partition coefficient (Wildman–Crippen LogP) is 2.80. The van der Waals surface area contributed by atoms with Gasteiger partial charge in [0.2, 0.25) is 17.8 Å². The average Bonchev–Trinajstić information content (AvgIpc) is 3.30. The fourth-order valence-corrected chi connectivity index (χ4v) is 5.58. The van der Waals surface area contributed by atoms with Gasteiger partial charge < -0.3 is 10.6 Å². The lowest BCUT2D eigenvalue weighted by molar-refractivity contribution is -0.910. The molecule has 0 spiro atoms. The number of alkyl halides is 3. The number of rotatable bonds is 2. The van der Waals surface area contributed by atoms with Gasteiger partial charge in [0.15, 0.2) is 0 Å². The number of nitrogens with two attached hydrogens (primary N) is 1. The molecule has 2 atom stereocenters. The van der Waals surface area contributed by atoms with Crippen LogP contribution in [0.15, 0.2) is 12.3 Å². The second-order valence-electron chi connectivity index (χ2n) is 8.66. The molecule has 0 unspecified atom stereocenters. The third kappa shape index (κ3) is 3.25. The largest absolute Gasteiger partial charge is 0.422 e. The smallest absolute Gasteiger partial charge is 0.337 e. The number of hydrogen-bond donors (Lipinski definition) is 2. The van der Waals surface area contributed by atoms with Crippen molar-refractivity contribution in [3.05, 3.63) is 29.1 Å². The van der Waals surface area contributed by atoms with E-state index in [0.29, 0.717) is 47.5 Å². The van der Waals surface area contributed by atoms with Gasteiger partial charge in [-0.3, -0.25) is 10.0 Å². The van der Waals surface area contributed by atoms with E-state index in [2.05, 4.69) is 0 Å². The molecule has 1 aliphatic heterocycles. The van der Waals surface area contributed by atoms with Gasteiger partial charge in [-0.15, -0.1) is 0 Å². The summed E-state index contributed by atoms with van der Waals surface area (Å²) in [4.78, 5) is 15.3. The van der Waals surface area contributed by atoms with E-state index in [-0.39, 0.29) is 18.5 Å². The van der Waals surface area contributed by atoms with Gasteiger partial charge in [0, 0.05) is 22.9 Å². The first-order valence-corrected chi connectivity index (χ1v) is 10.1. The van der Waals surface area contributed by atoms with Crippen LogP contribution < -0.4 is 10.5 Å². The third-order valence-electron chi connectivity index (χ3n) is 6.98. The molecule has 0 aromatic carbocycles. The number of aromatic nitrogens is 1. The molecule has 154 valence electrons. The lowest BCUT2D eigenvalue weighted by Crippen LogP contribution is -2.51. The second kappa shape index (κ2) is 6.90. The molecule has 3 aliphatic rings. The van der Waals surface area contributed by atoms with E-state index in [1.165, 1.54) is 0 Å². The highest BCUT2D eigenvalue weighted by Crippen LogP contribution is 2.51.